The fourth-order valence-electron chi connectivity index (χ4n) is 1.31. The van der Waals surface area contributed by atoms with Crippen molar-refractivity contribution in [1.82, 2.24) is 0 Å². The molecular formula is C10H13NO2. The highest BCUT2D eigenvalue weighted by atomic mass is 16.5. The first-order valence-electron chi connectivity index (χ1n) is 4.06. The van der Waals surface area contributed by atoms with Gasteiger partial charge in [0.25, 0.3) is 6.47 Å². The smallest absolute Gasteiger partial charge is 0.294 e. The Kier molecular flexibility index (Phi) is 3.03. The monoisotopic (exact) mass is 179 g/mol. The van der Waals surface area contributed by atoms with Crippen LogP contribution < -0.4 is 5.73 Å². The number of hydrogen-bond acceptors (Lipinski definition) is 3. The van der Waals surface area contributed by atoms with E-state index < -0.39 is 6.23 Å². The molecule has 0 heterocycles. The molecule has 0 radical (unpaired) electrons. The Bertz CT molecular complexity index is 290. The highest BCUT2D eigenvalue weighted by Crippen LogP contribution is 2.15. The molecule has 0 spiro atoms. The second-order valence-corrected chi connectivity index (χ2v) is 3.07. The van der Waals surface area contributed by atoms with E-state index in [0.29, 0.717) is 6.47 Å². The zero-order chi connectivity index (χ0) is 9.84. The van der Waals surface area contributed by atoms with Crippen LogP contribution in [0.25, 0.3) is 0 Å². The second-order valence-electron chi connectivity index (χ2n) is 3.07. The number of benzene rings is 1. The Hall–Kier alpha value is -1.35. The molecule has 0 amide bonds. The maximum Gasteiger partial charge on any atom is 0.294 e. The summed E-state index contributed by atoms with van der Waals surface area (Å²) in [5, 5.41) is 0. The van der Waals surface area contributed by atoms with Crippen molar-refractivity contribution < 1.29 is 9.53 Å². The van der Waals surface area contributed by atoms with Gasteiger partial charge in [0.15, 0.2) is 6.23 Å². The summed E-state index contributed by atoms with van der Waals surface area (Å²) in [5.74, 6) is 0. The van der Waals surface area contributed by atoms with Gasteiger partial charge in [-0.1, -0.05) is 29.3 Å². The predicted octanol–water partition coefficient (Wildman–Crippen LogP) is 1.43. The van der Waals surface area contributed by atoms with Gasteiger partial charge >= 0.3 is 0 Å². The minimum atomic E-state index is -0.656. The number of nitrogens with two attached hydrogens (primary N) is 1. The molecule has 0 aromatic heterocycles. The molecule has 70 valence electrons. The lowest BCUT2D eigenvalue weighted by Gasteiger charge is -2.11. The molecule has 0 saturated carbocycles. The molecule has 3 nitrogen and oxygen atoms in total. The van der Waals surface area contributed by atoms with Gasteiger partial charge < -0.3 is 4.74 Å². The SMILES string of the molecule is Cc1cc(C)cc(C(N)OC=O)c1. The summed E-state index contributed by atoms with van der Waals surface area (Å²) < 4.78 is 4.64. The summed E-state index contributed by atoms with van der Waals surface area (Å²) in [7, 11) is 0. The molecule has 0 aliphatic carbocycles. The molecule has 0 aliphatic heterocycles. The molecule has 1 rings (SSSR count). The van der Waals surface area contributed by atoms with Gasteiger partial charge in [0, 0.05) is 5.56 Å². The summed E-state index contributed by atoms with van der Waals surface area (Å²) in [5.41, 5.74) is 8.64. The normalized spacial score (nSPS) is 12.2. The fraction of sp³-hybridized carbons (Fsp3) is 0.300. The van der Waals surface area contributed by atoms with Crippen LogP contribution in [-0.2, 0) is 9.53 Å². The zero-order valence-corrected chi connectivity index (χ0v) is 7.78. The number of rotatable bonds is 3. The number of aryl methyl sites for hydroxylation is 2. The van der Waals surface area contributed by atoms with Crippen LogP contribution in [0.3, 0.4) is 0 Å². The number of carbonyl (C=O) groups is 1. The maximum atomic E-state index is 10.1. The van der Waals surface area contributed by atoms with E-state index >= 15 is 0 Å². The van der Waals surface area contributed by atoms with Crippen LogP contribution >= 0.6 is 0 Å². The Morgan fingerprint density at radius 3 is 2.31 bits per heavy atom. The van der Waals surface area contributed by atoms with Crippen LogP contribution in [0.4, 0.5) is 0 Å². The Morgan fingerprint density at radius 1 is 1.31 bits per heavy atom. The summed E-state index contributed by atoms with van der Waals surface area (Å²) in [6.07, 6.45) is -0.656. The van der Waals surface area contributed by atoms with Crippen LogP contribution in [0.2, 0.25) is 0 Å². The number of hydrogen-bond donors (Lipinski definition) is 1. The number of ether oxygens (including phenoxy) is 1. The van der Waals surface area contributed by atoms with Gasteiger partial charge in [0.05, 0.1) is 0 Å². The van der Waals surface area contributed by atoms with Crippen molar-refractivity contribution >= 4 is 6.47 Å². The van der Waals surface area contributed by atoms with Gasteiger partial charge in [-0.15, -0.1) is 0 Å². The van der Waals surface area contributed by atoms with Gasteiger partial charge in [-0.3, -0.25) is 10.5 Å². The first-order valence-corrected chi connectivity index (χ1v) is 4.06. The third-order valence-electron chi connectivity index (χ3n) is 1.77. The average molecular weight is 179 g/mol. The maximum absolute atomic E-state index is 10.1. The Morgan fingerprint density at radius 2 is 1.85 bits per heavy atom. The van der Waals surface area contributed by atoms with Crippen LogP contribution in [-0.4, -0.2) is 6.47 Å². The molecule has 3 heteroatoms. The van der Waals surface area contributed by atoms with E-state index in [2.05, 4.69) is 4.74 Å². The molecular weight excluding hydrogens is 166 g/mol. The second kappa shape index (κ2) is 4.05. The molecule has 0 saturated heterocycles. The first-order chi connectivity index (χ1) is 6.13. The van der Waals surface area contributed by atoms with Crippen LogP contribution in [0.5, 0.6) is 0 Å². The van der Waals surface area contributed by atoms with E-state index in [-0.39, 0.29) is 0 Å². The van der Waals surface area contributed by atoms with E-state index in [4.69, 9.17) is 5.73 Å². The third kappa shape index (κ3) is 2.56. The van der Waals surface area contributed by atoms with Crippen molar-refractivity contribution in [3.8, 4) is 0 Å². The molecule has 0 fully saturated rings. The molecule has 1 unspecified atom stereocenters. The van der Waals surface area contributed by atoms with Crippen LogP contribution in [0.1, 0.15) is 22.9 Å². The van der Waals surface area contributed by atoms with E-state index in [1.54, 1.807) is 0 Å². The van der Waals surface area contributed by atoms with Gasteiger partial charge in [-0.2, -0.15) is 0 Å². The Balaban J connectivity index is 2.93. The number of carbonyl (C=O) groups excluding carboxylic acids is 1. The van der Waals surface area contributed by atoms with E-state index in [0.717, 1.165) is 16.7 Å². The molecule has 1 aromatic carbocycles. The van der Waals surface area contributed by atoms with Crippen molar-refractivity contribution in [1.29, 1.82) is 0 Å². The van der Waals surface area contributed by atoms with Crippen molar-refractivity contribution in [2.24, 2.45) is 5.73 Å². The third-order valence-corrected chi connectivity index (χ3v) is 1.77. The Labute approximate surface area is 77.5 Å². The molecule has 2 N–H and O–H groups in total. The zero-order valence-electron chi connectivity index (χ0n) is 7.78. The van der Waals surface area contributed by atoms with Crippen molar-refractivity contribution in [2.45, 2.75) is 20.1 Å². The van der Waals surface area contributed by atoms with Crippen molar-refractivity contribution in [2.75, 3.05) is 0 Å². The van der Waals surface area contributed by atoms with Gasteiger partial charge in [0.2, 0.25) is 0 Å². The van der Waals surface area contributed by atoms with Gasteiger partial charge in [-0.05, 0) is 13.8 Å². The van der Waals surface area contributed by atoms with E-state index in [1.807, 2.05) is 32.0 Å². The summed E-state index contributed by atoms with van der Waals surface area (Å²) in [6.45, 7) is 4.32. The van der Waals surface area contributed by atoms with Gasteiger partial charge in [-0.25, -0.2) is 0 Å². The van der Waals surface area contributed by atoms with Crippen molar-refractivity contribution in [3.05, 3.63) is 34.9 Å². The largest absolute Gasteiger partial charge is 0.445 e. The average Bonchev–Trinajstić information content (AvgIpc) is 2.03. The molecule has 0 aliphatic rings. The topological polar surface area (TPSA) is 52.3 Å². The summed E-state index contributed by atoms with van der Waals surface area (Å²) >= 11 is 0. The highest BCUT2D eigenvalue weighted by molar-refractivity contribution is 5.39. The van der Waals surface area contributed by atoms with Crippen LogP contribution in [0, 0.1) is 13.8 Å². The molecule has 1 atom stereocenters. The van der Waals surface area contributed by atoms with E-state index in [9.17, 15) is 4.79 Å². The predicted molar refractivity (Wildman–Crippen MR) is 50.0 cm³/mol. The fourth-order valence-corrected chi connectivity index (χ4v) is 1.31. The minimum Gasteiger partial charge on any atom is -0.445 e. The lowest BCUT2D eigenvalue weighted by Crippen LogP contribution is -2.13. The lowest BCUT2D eigenvalue weighted by molar-refractivity contribution is -0.133. The minimum absolute atomic E-state index is 0.363. The lowest BCUT2D eigenvalue weighted by atomic mass is 10.1. The highest BCUT2D eigenvalue weighted by Gasteiger charge is 2.06. The van der Waals surface area contributed by atoms with E-state index in [1.165, 1.54) is 0 Å². The standard InChI is InChI=1S/C10H13NO2/c1-7-3-8(2)5-9(4-7)10(11)13-6-12/h3-6,10H,11H2,1-2H3. The summed E-state index contributed by atoms with van der Waals surface area (Å²) in [4.78, 5) is 10.1. The molecule has 1 aromatic rings. The van der Waals surface area contributed by atoms with Gasteiger partial charge in [0.1, 0.15) is 0 Å². The van der Waals surface area contributed by atoms with Crippen LogP contribution in [0.15, 0.2) is 18.2 Å². The summed E-state index contributed by atoms with van der Waals surface area (Å²) in [6, 6.07) is 5.85. The first kappa shape index (κ1) is 9.74. The molecule has 13 heavy (non-hydrogen) atoms. The quantitative estimate of drug-likeness (QED) is 0.564. The molecule has 0 bridgehead atoms. The van der Waals surface area contributed by atoms with Crippen molar-refractivity contribution in [3.63, 3.8) is 0 Å².